The number of nitrogens with one attached hydrogen (secondary N) is 1. The molecule has 4 heteroatoms. The van der Waals surface area contributed by atoms with Gasteiger partial charge in [0.1, 0.15) is 0 Å². The Morgan fingerprint density at radius 2 is 2.38 bits per heavy atom. The number of amides is 1. The Morgan fingerprint density at radius 1 is 1.69 bits per heavy atom. The molecule has 1 fully saturated rings. The lowest BCUT2D eigenvalue weighted by Crippen LogP contribution is -2.46. The van der Waals surface area contributed by atoms with E-state index in [1.165, 1.54) is 0 Å². The fourth-order valence-electron chi connectivity index (χ4n) is 1.34. The largest absolute Gasteiger partial charge is 0.466 e. The van der Waals surface area contributed by atoms with Crippen molar-refractivity contribution in [3.63, 3.8) is 0 Å². The second-order valence-corrected chi connectivity index (χ2v) is 3.56. The number of hydrogen-bond donors (Lipinski definition) is 1. The van der Waals surface area contributed by atoms with Crippen molar-refractivity contribution < 1.29 is 14.3 Å². The number of esters is 1. The standard InChI is InChI=1S/C9H15NO3/c1-3-13-8(12)9(2)5-4-7(11)10-6-9/h3-6H2,1-2H3,(H,10,11)/t9-/m0/s1. The highest BCUT2D eigenvalue weighted by Gasteiger charge is 2.38. The van der Waals surface area contributed by atoms with Crippen molar-refractivity contribution in [1.82, 2.24) is 5.32 Å². The van der Waals surface area contributed by atoms with Crippen LogP contribution >= 0.6 is 0 Å². The molecule has 13 heavy (non-hydrogen) atoms. The Labute approximate surface area is 77.6 Å². The third-order valence-electron chi connectivity index (χ3n) is 2.35. The van der Waals surface area contributed by atoms with E-state index in [1.54, 1.807) is 6.92 Å². The Hall–Kier alpha value is -1.06. The first-order chi connectivity index (χ1) is 6.08. The monoisotopic (exact) mass is 185 g/mol. The van der Waals surface area contributed by atoms with E-state index < -0.39 is 5.41 Å². The van der Waals surface area contributed by atoms with Crippen LogP contribution in [0.4, 0.5) is 0 Å². The van der Waals surface area contributed by atoms with Crippen molar-refractivity contribution >= 4 is 11.9 Å². The summed E-state index contributed by atoms with van der Waals surface area (Å²) in [5.74, 6) is -0.197. The fraction of sp³-hybridized carbons (Fsp3) is 0.778. The van der Waals surface area contributed by atoms with Crippen molar-refractivity contribution in [1.29, 1.82) is 0 Å². The van der Waals surface area contributed by atoms with Gasteiger partial charge in [0.05, 0.1) is 12.0 Å². The van der Waals surface area contributed by atoms with Gasteiger partial charge < -0.3 is 10.1 Å². The maximum atomic E-state index is 11.5. The maximum Gasteiger partial charge on any atom is 0.313 e. The summed E-state index contributed by atoms with van der Waals surface area (Å²) >= 11 is 0. The molecular formula is C9H15NO3. The molecule has 0 aromatic heterocycles. The minimum Gasteiger partial charge on any atom is -0.466 e. The molecule has 0 saturated carbocycles. The Kier molecular flexibility index (Phi) is 2.90. The fourth-order valence-corrected chi connectivity index (χ4v) is 1.34. The first kappa shape index (κ1) is 10.0. The molecule has 1 N–H and O–H groups in total. The zero-order valence-corrected chi connectivity index (χ0v) is 8.05. The normalized spacial score (nSPS) is 28.0. The van der Waals surface area contributed by atoms with Crippen molar-refractivity contribution in [2.24, 2.45) is 5.41 Å². The van der Waals surface area contributed by atoms with E-state index in [1.807, 2.05) is 6.92 Å². The van der Waals surface area contributed by atoms with Gasteiger partial charge in [0, 0.05) is 13.0 Å². The van der Waals surface area contributed by atoms with E-state index in [0.29, 0.717) is 26.0 Å². The van der Waals surface area contributed by atoms with Crippen molar-refractivity contribution in [2.45, 2.75) is 26.7 Å². The molecule has 1 atom stereocenters. The maximum absolute atomic E-state index is 11.5. The third kappa shape index (κ3) is 2.20. The molecule has 1 saturated heterocycles. The Morgan fingerprint density at radius 3 is 2.85 bits per heavy atom. The van der Waals surface area contributed by atoms with Gasteiger partial charge in [-0.3, -0.25) is 9.59 Å². The molecular weight excluding hydrogens is 170 g/mol. The Bertz CT molecular complexity index is 215. The molecule has 1 heterocycles. The summed E-state index contributed by atoms with van der Waals surface area (Å²) in [4.78, 5) is 22.3. The molecule has 1 aliphatic heterocycles. The van der Waals surface area contributed by atoms with Crippen LogP contribution in [0.1, 0.15) is 26.7 Å². The average molecular weight is 185 g/mol. The highest BCUT2D eigenvalue weighted by Crippen LogP contribution is 2.27. The van der Waals surface area contributed by atoms with E-state index in [2.05, 4.69) is 5.32 Å². The zero-order valence-electron chi connectivity index (χ0n) is 8.05. The van der Waals surface area contributed by atoms with Crippen LogP contribution < -0.4 is 5.32 Å². The molecule has 0 bridgehead atoms. The van der Waals surface area contributed by atoms with Crippen LogP contribution in [0.2, 0.25) is 0 Å². The summed E-state index contributed by atoms with van der Waals surface area (Å²) in [6, 6.07) is 0. The molecule has 0 spiro atoms. The van der Waals surface area contributed by atoms with Gasteiger partial charge in [0.15, 0.2) is 0 Å². The average Bonchev–Trinajstić information content (AvgIpc) is 2.11. The lowest BCUT2D eigenvalue weighted by molar-refractivity contribution is -0.156. The summed E-state index contributed by atoms with van der Waals surface area (Å²) in [6.07, 6.45) is 0.993. The number of carbonyl (C=O) groups is 2. The van der Waals surface area contributed by atoms with Gasteiger partial charge in [-0.25, -0.2) is 0 Å². The molecule has 0 unspecified atom stereocenters. The molecule has 1 amide bonds. The van der Waals surface area contributed by atoms with Gasteiger partial charge in [-0.1, -0.05) is 0 Å². The second-order valence-electron chi connectivity index (χ2n) is 3.56. The Balaban J connectivity index is 2.56. The smallest absolute Gasteiger partial charge is 0.313 e. The highest BCUT2D eigenvalue weighted by atomic mass is 16.5. The molecule has 0 aromatic rings. The molecule has 0 radical (unpaired) electrons. The molecule has 4 nitrogen and oxygen atoms in total. The van der Waals surface area contributed by atoms with Gasteiger partial charge >= 0.3 is 5.97 Å². The van der Waals surface area contributed by atoms with Gasteiger partial charge in [-0.15, -0.1) is 0 Å². The van der Waals surface area contributed by atoms with Crippen LogP contribution in [-0.2, 0) is 14.3 Å². The number of ether oxygens (including phenoxy) is 1. The topological polar surface area (TPSA) is 55.4 Å². The lowest BCUT2D eigenvalue weighted by Gasteiger charge is -2.30. The van der Waals surface area contributed by atoms with E-state index >= 15 is 0 Å². The summed E-state index contributed by atoms with van der Waals surface area (Å²) in [5.41, 5.74) is -0.524. The van der Waals surface area contributed by atoms with Crippen LogP contribution in [-0.4, -0.2) is 25.0 Å². The minimum absolute atomic E-state index is 0.0155. The molecule has 1 rings (SSSR count). The van der Waals surface area contributed by atoms with Crippen molar-refractivity contribution in [3.8, 4) is 0 Å². The van der Waals surface area contributed by atoms with Crippen LogP contribution in [0.25, 0.3) is 0 Å². The predicted molar refractivity (Wildman–Crippen MR) is 47.0 cm³/mol. The summed E-state index contributed by atoms with van der Waals surface area (Å²) in [5, 5.41) is 2.67. The third-order valence-corrected chi connectivity index (χ3v) is 2.35. The number of rotatable bonds is 2. The summed E-state index contributed by atoms with van der Waals surface area (Å²) in [6.45, 7) is 4.39. The van der Waals surface area contributed by atoms with E-state index in [4.69, 9.17) is 4.74 Å². The van der Waals surface area contributed by atoms with Crippen molar-refractivity contribution in [3.05, 3.63) is 0 Å². The first-order valence-electron chi connectivity index (χ1n) is 4.52. The van der Waals surface area contributed by atoms with Gasteiger partial charge in [-0.2, -0.15) is 0 Å². The van der Waals surface area contributed by atoms with Crippen LogP contribution in [0, 0.1) is 5.41 Å². The number of carbonyl (C=O) groups excluding carboxylic acids is 2. The molecule has 0 aliphatic carbocycles. The molecule has 74 valence electrons. The first-order valence-corrected chi connectivity index (χ1v) is 4.52. The van der Waals surface area contributed by atoms with E-state index in [0.717, 1.165) is 0 Å². The van der Waals surface area contributed by atoms with Gasteiger partial charge in [0.25, 0.3) is 0 Å². The van der Waals surface area contributed by atoms with E-state index in [9.17, 15) is 9.59 Å². The summed E-state index contributed by atoms with van der Waals surface area (Å²) < 4.78 is 4.93. The second kappa shape index (κ2) is 3.77. The van der Waals surface area contributed by atoms with Gasteiger partial charge in [-0.05, 0) is 20.3 Å². The summed E-state index contributed by atoms with van der Waals surface area (Å²) in [7, 11) is 0. The van der Waals surface area contributed by atoms with Crippen LogP contribution in [0.3, 0.4) is 0 Å². The SMILES string of the molecule is CCOC(=O)[C@@]1(C)CCC(=O)NC1. The highest BCUT2D eigenvalue weighted by molar-refractivity contribution is 5.83. The van der Waals surface area contributed by atoms with Crippen molar-refractivity contribution in [2.75, 3.05) is 13.2 Å². The number of piperidine rings is 1. The molecule has 0 aromatic carbocycles. The quantitative estimate of drug-likeness (QED) is 0.636. The molecule has 1 aliphatic rings. The number of hydrogen-bond acceptors (Lipinski definition) is 3. The lowest BCUT2D eigenvalue weighted by atomic mass is 9.83. The predicted octanol–water partition coefficient (Wildman–Crippen LogP) is 0.466. The van der Waals surface area contributed by atoms with Gasteiger partial charge in [0.2, 0.25) is 5.91 Å². The van der Waals surface area contributed by atoms with Crippen LogP contribution in [0.5, 0.6) is 0 Å². The zero-order chi connectivity index (χ0) is 9.90. The van der Waals surface area contributed by atoms with E-state index in [-0.39, 0.29) is 11.9 Å². The van der Waals surface area contributed by atoms with Crippen LogP contribution in [0.15, 0.2) is 0 Å². The minimum atomic E-state index is -0.524.